The Morgan fingerprint density at radius 1 is 0.645 bits per heavy atom. The number of fused-ring (bicyclic) bond motifs is 2. The molecule has 0 atom stereocenters. The smallest absolute Gasteiger partial charge is 0.399 e. The van der Waals surface area contributed by atoms with Gasteiger partial charge in [0.25, 0.3) is 0 Å². The summed E-state index contributed by atoms with van der Waals surface area (Å²) in [6, 6.07) is 24.0. The Kier molecular flexibility index (Phi) is 4.55. The third-order valence-corrected chi connectivity index (χ3v) is 7.12. The summed E-state index contributed by atoms with van der Waals surface area (Å²) in [6.07, 6.45) is 0. The van der Waals surface area contributed by atoms with E-state index in [-0.39, 0.29) is 11.2 Å². The standard InChI is InChI=1S/C28H29BO2/c1-18-15-16-19(2)24(17-18)25-20-11-7-9-13-22(20)26(23-14-10-8-12-21(23)25)29-30-27(3,4)28(5,6)31-29/h7-17H,1-6H3. The molecule has 1 fully saturated rings. The Morgan fingerprint density at radius 3 is 1.65 bits per heavy atom. The lowest BCUT2D eigenvalue weighted by Crippen LogP contribution is -2.41. The van der Waals surface area contributed by atoms with Crippen molar-refractivity contribution >= 4 is 34.1 Å². The fraction of sp³-hybridized carbons (Fsp3) is 0.286. The average molecular weight is 408 g/mol. The van der Waals surface area contributed by atoms with Crippen LogP contribution in [-0.2, 0) is 9.31 Å². The highest BCUT2D eigenvalue weighted by atomic mass is 16.7. The molecule has 0 aromatic heterocycles. The molecule has 0 radical (unpaired) electrons. The van der Waals surface area contributed by atoms with Crippen LogP contribution in [0.4, 0.5) is 0 Å². The Bertz CT molecular complexity index is 1250. The summed E-state index contributed by atoms with van der Waals surface area (Å²) in [4.78, 5) is 0. The van der Waals surface area contributed by atoms with Crippen molar-refractivity contribution in [1.29, 1.82) is 0 Å². The second-order valence-corrected chi connectivity index (χ2v) is 9.79. The minimum absolute atomic E-state index is 0.383. The SMILES string of the molecule is Cc1ccc(C)c(-c2c3ccccc3c(B3OC(C)(C)C(C)(C)O3)c3ccccc23)c1. The number of hydrogen-bond donors (Lipinski definition) is 0. The molecule has 1 aliphatic rings. The van der Waals surface area contributed by atoms with Crippen LogP contribution in [0.3, 0.4) is 0 Å². The van der Waals surface area contributed by atoms with E-state index >= 15 is 0 Å². The van der Waals surface area contributed by atoms with Gasteiger partial charge in [0.1, 0.15) is 0 Å². The largest absolute Gasteiger partial charge is 0.496 e. The summed E-state index contributed by atoms with van der Waals surface area (Å²) in [5, 5.41) is 4.85. The molecule has 0 N–H and O–H groups in total. The molecule has 1 saturated heterocycles. The van der Waals surface area contributed by atoms with Gasteiger partial charge in [-0.2, -0.15) is 0 Å². The summed E-state index contributed by atoms with van der Waals surface area (Å²) in [5.74, 6) is 0. The zero-order valence-electron chi connectivity index (χ0n) is 19.2. The van der Waals surface area contributed by atoms with E-state index in [0.717, 1.165) is 5.46 Å². The molecular weight excluding hydrogens is 379 g/mol. The van der Waals surface area contributed by atoms with Gasteiger partial charge >= 0.3 is 7.12 Å². The number of rotatable bonds is 2. The molecule has 4 aromatic carbocycles. The minimum atomic E-state index is -0.410. The van der Waals surface area contributed by atoms with Crippen molar-refractivity contribution in [3.63, 3.8) is 0 Å². The molecule has 31 heavy (non-hydrogen) atoms. The predicted octanol–water partition coefficient (Wildman–Crippen LogP) is 6.58. The second-order valence-electron chi connectivity index (χ2n) is 9.79. The van der Waals surface area contributed by atoms with Gasteiger partial charge in [-0.3, -0.25) is 0 Å². The topological polar surface area (TPSA) is 18.5 Å². The van der Waals surface area contributed by atoms with Gasteiger partial charge < -0.3 is 9.31 Å². The maximum atomic E-state index is 6.53. The Labute approximate surface area is 185 Å². The first-order chi connectivity index (χ1) is 14.7. The predicted molar refractivity (Wildman–Crippen MR) is 132 cm³/mol. The molecular formula is C28H29BO2. The number of aryl methyl sites for hydroxylation is 2. The van der Waals surface area contributed by atoms with Gasteiger partial charge in [-0.1, -0.05) is 72.3 Å². The second kappa shape index (κ2) is 6.95. The molecule has 1 heterocycles. The molecule has 0 spiro atoms. The first-order valence-electron chi connectivity index (χ1n) is 11.1. The van der Waals surface area contributed by atoms with E-state index in [1.807, 2.05) is 0 Å². The van der Waals surface area contributed by atoms with E-state index in [0.29, 0.717) is 0 Å². The van der Waals surface area contributed by atoms with Crippen molar-refractivity contribution < 1.29 is 9.31 Å². The summed E-state index contributed by atoms with van der Waals surface area (Å²) in [7, 11) is -0.410. The van der Waals surface area contributed by atoms with Gasteiger partial charge in [0.2, 0.25) is 0 Å². The van der Waals surface area contributed by atoms with Gasteiger partial charge in [-0.15, -0.1) is 0 Å². The third-order valence-electron chi connectivity index (χ3n) is 7.12. The van der Waals surface area contributed by atoms with Crippen molar-refractivity contribution in [3.8, 4) is 11.1 Å². The molecule has 3 heteroatoms. The molecule has 4 aromatic rings. The molecule has 156 valence electrons. The Morgan fingerprint density at radius 2 is 1.13 bits per heavy atom. The molecule has 0 amide bonds. The highest BCUT2D eigenvalue weighted by molar-refractivity contribution is 6.68. The van der Waals surface area contributed by atoms with Crippen LogP contribution in [0, 0.1) is 13.8 Å². The third kappa shape index (κ3) is 3.11. The van der Waals surface area contributed by atoms with Crippen molar-refractivity contribution in [1.82, 2.24) is 0 Å². The quantitative estimate of drug-likeness (QED) is 0.276. The van der Waals surface area contributed by atoms with Crippen molar-refractivity contribution in [2.24, 2.45) is 0 Å². The normalized spacial score (nSPS) is 17.5. The lowest BCUT2D eigenvalue weighted by Gasteiger charge is -2.32. The summed E-state index contributed by atoms with van der Waals surface area (Å²) in [6.45, 7) is 12.8. The maximum absolute atomic E-state index is 6.53. The van der Waals surface area contributed by atoms with Crippen LogP contribution < -0.4 is 5.46 Å². The number of hydrogen-bond acceptors (Lipinski definition) is 2. The zero-order chi connectivity index (χ0) is 22.0. The van der Waals surface area contributed by atoms with Gasteiger partial charge in [0.05, 0.1) is 11.2 Å². The van der Waals surface area contributed by atoms with E-state index in [2.05, 4.69) is 108 Å². The van der Waals surface area contributed by atoms with E-state index in [4.69, 9.17) is 9.31 Å². The van der Waals surface area contributed by atoms with Crippen LogP contribution in [0.15, 0.2) is 66.7 Å². The summed E-state index contributed by atoms with van der Waals surface area (Å²) in [5.41, 5.74) is 5.48. The Hall–Kier alpha value is -2.62. The molecule has 2 nitrogen and oxygen atoms in total. The van der Waals surface area contributed by atoms with E-state index < -0.39 is 7.12 Å². The van der Waals surface area contributed by atoms with Crippen LogP contribution in [0.5, 0.6) is 0 Å². The maximum Gasteiger partial charge on any atom is 0.496 e. The monoisotopic (exact) mass is 408 g/mol. The molecule has 0 bridgehead atoms. The van der Waals surface area contributed by atoms with E-state index in [1.165, 1.54) is 43.8 Å². The molecule has 0 aliphatic carbocycles. The van der Waals surface area contributed by atoms with E-state index in [9.17, 15) is 0 Å². The Balaban J connectivity index is 1.89. The first-order valence-corrected chi connectivity index (χ1v) is 11.1. The fourth-order valence-corrected chi connectivity index (χ4v) is 4.67. The van der Waals surface area contributed by atoms with Crippen molar-refractivity contribution in [3.05, 3.63) is 77.9 Å². The van der Waals surface area contributed by atoms with Crippen LogP contribution in [0.2, 0.25) is 0 Å². The van der Waals surface area contributed by atoms with E-state index in [1.54, 1.807) is 0 Å². The van der Waals surface area contributed by atoms with Gasteiger partial charge in [-0.05, 0) is 85.2 Å². The summed E-state index contributed by atoms with van der Waals surface area (Å²) >= 11 is 0. The molecule has 0 saturated carbocycles. The first kappa shape index (κ1) is 20.3. The minimum Gasteiger partial charge on any atom is -0.399 e. The zero-order valence-corrected chi connectivity index (χ0v) is 19.2. The van der Waals surface area contributed by atoms with Crippen molar-refractivity contribution in [2.45, 2.75) is 52.7 Å². The highest BCUT2D eigenvalue weighted by Gasteiger charge is 2.52. The van der Waals surface area contributed by atoms with Gasteiger partial charge in [-0.25, -0.2) is 0 Å². The lowest BCUT2D eigenvalue weighted by atomic mass is 9.71. The van der Waals surface area contributed by atoms with Gasteiger partial charge in [0.15, 0.2) is 0 Å². The van der Waals surface area contributed by atoms with Crippen LogP contribution in [0.25, 0.3) is 32.7 Å². The van der Waals surface area contributed by atoms with Crippen LogP contribution in [-0.4, -0.2) is 18.3 Å². The average Bonchev–Trinajstić information content (AvgIpc) is 2.94. The summed E-state index contributed by atoms with van der Waals surface area (Å²) < 4.78 is 13.1. The number of benzene rings is 4. The lowest BCUT2D eigenvalue weighted by molar-refractivity contribution is 0.00578. The highest BCUT2D eigenvalue weighted by Crippen LogP contribution is 2.41. The van der Waals surface area contributed by atoms with Crippen LogP contribution >= 0.6 is 0 Å². The molecule has 0 unspecified atom stereocenters. The van der Waals surface area contributed by atoms with Crippen molar-refractivity contribution in [2.75, 3.05) is 0 Å². The molecule has 1 aliphatic heterocycles. The molecule has 5 rings (SSSR count). The fourth-order valence-electron chi connectivity index (χ4n) is 4.67. The van der Waals surface area contributed by atoms with Crippen LogP contribution in [0.1, 0.15) is 38.8 Å². The van der Waals surface area contributed by atoms with Gasteiger partial charge in [0, 0.05) is 0 Å².